The average Bonchev–Trinajstić information content (AvgIpc) is 2.43. The van der Waals surface area contributed by atoms with Crippen LogP contribution in [-0.4, -0.2) is 31.4 Å². The molecule has 7 nitrogen and oxygen atoms in total. The van der Waals surface area contributed by atoms with Crippen molar-refractivity contribution < 1.29 is 27.5 Å². The third-order valence-electron chi connectivity index (χ3n) is 3.56. The van der Waals surface area contributed by atoms with E-state index in [4.69, 9.17) is 5.11 Å². The number of fused-ring (bicyclic) bond motifs is 1. The van der Waals surface area contributed by atoms with Gasteiger partial charge in [-0.25, -0.2) is 12.8 Å². The number of benzene rings is 1. The topological polar surface area (TPSA) is 113 Å². The highest BCUT2D eigenvalue weighted by atomic mass is 32.2. The lowest BCUT2D eigenvalue weighted by Crippen LogP contribution is -2.44. The molecule has 0 radical (unpaired) electrons. The molecule has 1 atom stereocenters. The van der Waals surface area contributed by atoms with Crippen molar-refractivity contribution in [2.24, 2.45) is 5.92 Å². The van der Waals surface area contributed by atoms with E-state index in [1.165, 1.54) is 0 Å². The Morgan fingerprint density at radius 2 is 2.00 bits per heavy atom. The first kappa shape index (κ1) is 17.4. The summed E-state index contributed by atoms with van der Waals surface area (Å²) >= 11 is 0. The number of aryl methyl sites for hydroxylation is 1. The van der Waals surface area contributed by atoms with Gasteiger partial charge in [0.1, 0.15) is 16.8 Å². The molecule has 3 N–H and O–H groups in total. The minimum absolute atomic E-state index is 0.176. The zero-order valence-electron chi connectivity index (χ0n) is 12.6. The van der Waals surface area contributed by atoms with Crippen molar-refractivity contribution in [3.05, 3.63) is 23.5 Å². The minimum atomic E-state index is -4.35. The summed E-state index contributed by atoms with van der Waals surface area (Å²) in [7, 11) is -4.35. The van der Waals surface area contributed by atoms with E-state index in [0.717, 1.165) is 12.1 Å². The number of anilines is 1. The Kier molecular flexibility index (Phi) is 4.71. The van der Waals surface area contributed by atoms with E-state index in [1.807, 2.05) is 4.72 Å². The highest BCUT2D eigenvalue weighted by molar-refractivity contribution is 7.89. The maximum Gasteiger partial charge on any atom is 0.322 e. The van der Waals surface area contributed by atoms with Crippen LogP contribution in [0.3, 0.4) is 0 Å². The van der Waals surface area contributed by atoms with Crippen LogP contribution in [0, 0.1) is 11.7 Å². The maximum absolute atomic E-state index is 14.1. The van der Waals surface area contributed by atoms with Gasteiger partial charge in [-0.2, -0.15) is 4.72 Å². The largest absolute Gasteiger partial charge is 0.480 e. The lowest BCUT2D eigenvalue weighted by molar-refractivity contribution is -0.140. The second-order valence-electron chi connectivity index (χ2n) is 5.67. The summed E-state index contributed by atoms with van der Waals surface area (Å²) in [6.07, 6.45) is 0.464. The number of carboxylic acid groups (broad SMARTS) is 1. The Bertz CT molecular complexity index is 761. The van der Waals surface area contributed by atoms with Gasteiger partial charge in [0.15, 0.2) is 0 Å². The van der Waals surface area contributed by atoms with E-state index in [2.05, 4.69) is 5.32 Å². The van der Waals surface area contributed by atoms with Crippen LogP contribution in [0.15, 0.2) is 17.0 Å². The SMILES string of the molecule is CC(C)[C@@H](NS(=O)(=O)c1cc2c(cc1F)NC(=O)CC2)C(=O)O. The van der Waals surface area contributed by atoms with Gasteiger partial charge >= 0.3 is 5.97 Å². The number of carboxylic acids is 1. The molecule has 1 aromatic carbocycles. The molecule has 1 aromatic rings. The first-order valence-electron chi connectivity index (χ1n) is 6.99. The van der Waals surface area contributed by atoms with E-state index in [1.54, 1.807) is 13.8 Å². The Labute approximate surface area is 132 Å². The molecular formula is C14H17FN2O5S. The van der Waals surface area contributed by atoms with Gasteiger partial charge in [-0.3, -0.25) is 9.59 Å². The van der Waals surface area contributed by atoms with Gasteiger partial charge < -0.3 is 10.4 Å². The summed E-state index contributed by atoms with van der Waals surface area (Å²) in [5, 5.41) is 11.5. The molecule has 23 heavy (non-hydrogen) atoms. The normalized spacial score (nSPS) is 15.9. The minimum Gasteiger partial charge on any atom is -0.480 e. The summed E-state index contributed by atoms with van der Waals surface area (Å²) < 4.78 is 40.8. The van der Waals surface area contributed by atoms with Gasteiger partial charge in [0.05, 0.1) is 0 Å². The van der Waals surface area contributed by atoms with Crippen molar-refractivity contribution in [1.82, 2.24) is 4.72 Å². The zero-order valence-corrected chi connectivity index (χ0v) is 13.4. The van der Waals surface area contributed by atoms with Crippen LogP contribution in [0.4, 0.5) is 10.1 Å². The van der Waals surface area contributed by atoms with Gasteiger partial charge in [-0.1, -0.05) is 13.8 Å². The van der Waals surface area contributed by atoms with Crippen molar-refractivity contribution in [3.63, 3.8) is 0 Å². The predicted molar refractivity (Wildman–Crippen MR) is 79.9 cm³/mol. The molecule has 1 heterocycles. The lowest BCUT2D eigenvalue weighted by Gasteiger charge is -2.21. The third-order valence-corrected chi connectivity index (χ3v) is 5.01. The molecule has 1 aliphatic heterocycles. The van der Waals surface area contributed by atoms with Crippen LogP contribution in [0.5, 0.6) is 0 Å². The van der Waals surface area contributed by atoms with E-state index in [-0.39, 0.29) is 24.4 Å². The van der Waals surface area contributed by atoms with Crippen LogP contribution < -0.4 is 10.0 Å². The molecule has 1 amide bonds. The molecule has 126 valence electrons. The molecular weight excluding hydrogens is 327 g/mol. The molecule has 0 aliphatic carbocycles. The summed E-state index contributed by atoms with van der Waals surface area (Å²) in [5.74, 6) is -3.17. The molecule has 2 rings (SSSR count). The van der Waals surface area contributed by atoms with Gasteiger partial charge in [0, 0.05) is 12.1 Å². The van der Waals surface area contributed by atoms with Crippen LogP contribution in [0.25, 0.3) is 0 Å². The van der Waals surface area contributed by atoms with Crippen LogP contribution in [0.2, 0.25) is 0 Å². The first-order chi connectivity index (χ1) is 10.6. The molecule has 0 saturated heterocycles. The first-order valence-corrected chi connectivity index (χ1v) is 8.47. The number of aliphatic carboxylic acids is 1. The van der Waals surface area contributed by atoms with Crippen LogP contribution in [-0.2, 0) is 26.0 Å². The number of carbonyl (C=O) groups excluding carboxylic acids is 1. The van der Waals surface area contributed by atoms with E-state index < -0.39 is 38.7 Å². The monoisotopic (exact) mass is 344 g/mol. The van der Waals surface area contributed by atoms with Crippen molar-refractivity contribution >= 4 is 27.6 Å². The fraction of sp³-hybridized carbons (Fsp3) is 0.429. The number of amides is 1. The van der Waals surface area contributed by atoms with E-state index in [0.29, 0.717) is 5.56 Å². The molecule has 0 bridgehead atoms. The smallest absolute Gasteiger partial charge is 0.322 e. The zero-order chi connectivity index (χ0) is 17.4. The Balaban J connectivity index is 2.40. The Morgan fingerprint density at radius 1 is 1.35 bits per heavy atom. The molecule has 1 aliphatic rings. The number of rotatable bonds is 5. The highest BCUT2D eigenvalue weighted by Gasteiger charge is 2.31. The standard InChI is InChI=1S/C14H17FN2O5S/c1-7(2)13(14(19)20)17-23(21,22)11-5-8-3-4-12(18)16-10(8)6-9(11)15/h5-7,13,17H,3-4H2,1-2H3,(H,16,18)(H,19,20)/t13-/m1/s1. The quantitative estimate of drug-likeness (QED) is 0.740. The van der Waals surface area contributed by atoms with Crippen LogP contribution in [0.1, 0.15) is 25.8 Å². The fourth-order valence-corrected chi connectivity index (χ4v) is 3.74. The second-order valence-corrected chi connectivity index (χ2v) is 7.35. The molecule has 0 aromatic heterocycles. The van der Waals surface area contributed by atoms with Crippen molar-refractivity contribution in [2.75, 3.05) is 5.32 Å². The van der Waals surface area contributed by atoms with Crippen molar-refractivity contribution in [2.45, 2.75) is 37.6 Å². The van der Waals surface area contributed by atoms with Gasteiger partial charge in [0.2, 0.25) is 15.9 Å². The number of halogens is 1. The Hall–Kier alpha value is -2.00. The molecule has 0 spiro atoms. The molecule has 9 heteroatoms. The lowest BCUT2D eigenvalue weighted by atomic mass is 10.0. The summed E-state index contributed by atoms with van der Waals surface area (Å²) in [6, 6.07) is 0.702. The number of hydrogen-bond acceptors (Lipinski definition) is 4. The Morgan fingerprint density at radius 3 is 2.57 bits per heavy atom. The molecule has 0 fully saturated rings. The maximum atomic E-state index is 14.1. The molecule has 0 saturated carbocycles. The summed E-state index contributed by atoms with van der Waals surface area (Å²) in [6.45, 7) is 3.08. The average molecular weight is 344 g/mol. The van der Waals surface area contributed by atoms with Crippen LogP contribution >= 0.6 is 0 Å². The number of hydrogen-bond donors (Lipinski definition) is 3. The van der Waals surface area contributed by atoms with Gasteiger partial charge in [-0.15, -0.1) is 0 Å². The number of carbonyl (C=O) groups is 2. The highest BCUT2D eigenvalue weighted by Crippen LogP contribution is 2.28. The summed E-state index contributed by atoms with van der Waals surface area (Å²) in [5.41, 5.74) is 0.721. The van der Waals surface area contributed by atoms with Gasteiger partial charge in [0.25, 0.3) is 0 Å². The molecule has 0 unspecified atom stereocenters. The third kappa shape index (κ3) is 3.67. The second kappa shape index (κ2) is 6.25. The fourth-order valence-electron chi connectivity index (χ4n) is 2.29. The number of sulfonamides is 1. The van der Waals surface area contributed by atoms with Crippen molar-refractivity contribution in [1.29, 1.82) is 0 Å². The van der Waals surface area contributed by atoms with Gasteiger partial charge in [-0.05, 0) is 30.0 Å². The summed E-state index contributed by atoms with van der Waals surface area (Å²) in [4.78, 5) is 21.8. The van der Waals surface area contributed by atoms with E-state index >= 15 is 0 Å². The van der Waals surface area contributed by atoms with E-state index in [9.17, 15) is 22.4 Å². The van der Waals surface area contributed by atoms with Crippen molar-refractivity contribution in [3.8, 4) is 0 Å². The number of nitrogens with one attached hydrogen (secondary N) is 2. The predicted octanol–water partition coefficient (Wildman–Crippen LogP) is 1.10.